The lowest BCUT2D eigenvalue weighted by Crippen LogP contribution is -2.39. The Hall–Kier alpha value is -1.35. The topological polar surface area (TPSA) is 52.8 Å². The average Bonchev–Trinajstić information content (AvgIpc) is 2.78. The first-order valence-electron chi connectivity index (χ1n) is 9.03. The number of phenols is 1. The molecule has 2 saturated carbocycles. The van der Waals surface area contributed by atoms with E-state index in [0.29, 0.717) is 5.92 Å². The molecule has 0 unspecified atom stereocenters. The van der Waals surface area contributed by atoms with Gasteiger partial charge in [0.2, 0.25) is 0 Å². The molecule has 132 valence electrons. The molecule has 0 amide bonds. The largest absolute Gasteiger partial charge is 0.507 e. The van der Waals surface area contributed by atoms with Gasteiger partial charge < -0.3 is 10.2 Å². The highest BCUT2D eigenvalue weighted by atomic mass is 16.3. The third kappa shape index (κ3) is 2.40. The molecule has 24 heavy (non-hydrogen) atoms. The van der Waals surface area contributed by atoms with Gasteiger partial charge in [-0.25, -0.2) is 0 Å². The van der Waals surface area contributed by atoms with Gasteiger partial charge in [0.05, 0.1) is 12.1 Å². The van der Waals surface area contributed by atoms with Crippen molar-refractivity contribution in [3.8, 4) is 5.75 Å². The molecule has 3 heteroatoms. The van der Waals surface area contributed by atoms with E-state index in [-0.39, 0.29) is 28.0 Å². The second-order valence-corrected chi connectivity index (χ2v) is 9.52. The Morgan fingerprint density at radius 1 is 1.21 bits per heavy atom. The highest BCUT2D eigenvalue weighted by molar-refractivity contribution is 5.84. The summed E-state index contributed by atoms with van der Waals surface area (Å²) in [6.07, 6.45) is 3.55. The van der Waals surface area contributed by atoms with Gasteiger partial charge in [0, 0.05) is 17.2 Å². The number of hydrogen-bond acceptors (Lipinski definition) is 3. The predicted molar refractivity (Wildman–Crippen MR) is 98.8 cm³/mol. The van der Waals surface area contributed by atoms with E-state index in [1.54, 1.807) is 12.3 Å². The molecule has 2 fully saturated rings. The fraction of sp³-hybridized carbons (Fsp3) is 0.667. The van der Waals surface area contributed by atoms with Crippen LogP contribution in [0, 0.1) is 16.7 Å². The fourth-order valence-corrected chi connectivity index (χ4v) is 4.76. The van der Waals surface area contributed by atoms with E-state index in [1.165, 1.54) is 5.56 Å². The molecule has 3 nitrogen and oxygen atoms in total. The molecule has 2 bridgehead atoms. The molecule has 0 radical (unpaired) electrons. The number of rotatable bonds is 2. The minimum atomic E-state index is -0.407. The number of hydrogen-bond donors (Lipinski definition) is 2. The molecular formula is C21H31NO2. The SMILES string of the molecule is CC(C)(C)c1ccc(O)c(C=N[C@@H]2[C@H]3CC[C@@](C)([C@@H]2O)C3(C)C)c1. The molecule has 1 aromatic carbocycles. The fourth-order valence-electron chi connectivity index (χ4n) is 4.76. The highest BCUT2D eigenvalue weighted by Gasteiger charge is 2.65. The maximum absolute atomic E-state index is 10.8. The van der Waals surface area contributed by atoms with Crippen molar-refractivity contribution in [2.45, 2.75) is 71.9 Å². The first-order valence-corrected chi connectivity index (χ1v) is 9.03. The van der Waals surface area contributed by atoms with Crippen LogP contribution >= 0.6 is 0 Å². The Balaban J connectivity index is 1.90. The van der Waals surface area contributed by atoms with Crippen molar-refractivity contribution in [1.82, 2.24) is 0 Å². The molecule has 0 saturated heterocycles. The van der Waals surface area contributed by atoms with Crippen LogP contribution in [0.15, 0.2) is 23.2 Å². The van der Waals surface area contributed by atoms with Crippen LogP contribution in [0.5, 0.6) is 5.75 Å². The number of aliphatic hydroxyl groups excluding tert-OH is 1. The maximum Gasteiger partial charge on any atom is 0.124 e. The number of nitrogens with zero attached hydrogens (tertiary/aromatic N) is 1. The first-order chi connectivity index (χ1) is 11.0. The highest BCUT2D eigenvalue weighted by Crippen LogP contribution is 2.66. The van der Waals surface area contributed by atoms with E-state index in [9.17, 15) is 10.2 Å². The van der Waals surface area contributed by atoms with Crippen LogP contribution in [0.4, 0.5) is 0 Å². The zero-order valence-corrected chi connectivity index (χ0v) is 15.8. The van der Waals surface area contributed by atoms with Crippen LogP contribution in [-0.2, 0) is 5.41 Å². The van der Waals surface area contributed by atoms with Gasteiger partial charge in [-0.1, -0.05) is 47.6 Å². The van der Waals surface area contributed by atoms with Crippen LogP contribution < -0.4 is 0 Å². The van der Waals surface area contributed by atoms with Gasteiger partial charge in [0.15, 0.2) is 0 Å². The zero-order valence-electron chi connectivity index (χ0n) is 15.8. The molecule has 0 heterocycles. The van der Waals surface area contributed by atoms with Gasteiger partial charge in [0.25, 0.3) is 0 Å². The smallest absolute Gasteiger partial charge is 0.124 e. The lowest BCUT2D eigenvalue weighted by molar-refractivity contribution is 0.00624. The van der Waals surface area contributed by atoms with Crippen molar-refractivity contribution in [3.05, 3.63) is 29.3 Å². The molecule has 2 aliphatic carbocycles. The molecule has 1 aromatic rings. The molecule has 0 aliphatic heterocycles. The van der Waals surface area contributed by atoms with Gasteiger partial charge in [-0.05, 0) is 47.3 Å². The standard InChI is InChI=1S/C21H31NO2/c1-19(2,3)14-7-8-16(23)13(11-14)12-22-17-15-9-10-21(6,18(17)24)20(15,4)5/h7-8,11-12,15,17-18,23-24H,9-10H2,1-6H3/t15-,17-,18-,21+/m1/s1. The molecule has 3 rings (SSSR count). The van der Waals surface area contributed by atoms with Crippen LogP contribution in [0.1, 0.15) is 65.5 Å². The van der Waals surface area contributed by atoms with Crippen molar-refractivity contribution in [1.29, 1.82) is 0 Å². The average molecular weight is 329 g/mol. The van der Waals surface area contributed by atoms with Crippen molar-refractivity contribution in [2.24, 2.45) is 21.7 Å². The Morgan fingerprint density at radius 3 is 2.42 bits per heavy atom. The number of aliphatic hydroxyl groups is 1. The van der Waals surface area contributed by atoms with E-state index in [4.69, 9.17) is 4.99 Å². The van der Waals surface area contributed by atoms with Gasteiger partial charge in [-0.3, -0.25) is 4.99 Å². The predicted octanol–water partition coefficient (Wildman–Crippen LogP) is 4.29. The van der Waals surface area contributed by atoms with Crippen molar-refractivity contribution in [2.75, 3.05) is 0 Å². The minimum absolute atomic E-state index is 0.0255. The Kier molecular flexibility index (Phi) is 3.87. The number of aromatic hydroxyl groups is 1. The zero-order chi connectivity index (χ0) is 17.9. The van der Waals surface area contributed by atoms with Crippen LogP contribution in [0.25, 0.3) is 0 Å². The van der Waals surface area contributed by atoms with Gasteiger partial charge >= 0.3 is 0 Å². The molecule has 0 aromatic heterocycles. The summed E-state index contributed by atoms with van der Waals surface area (Å²) < 4.78 is 0. The molecule has 2 aliphatic rings. The summed E-state index contributed by atoms with van der Waals surface area (Å²) in [6, 6.07) is 5.63. The summed E-state index contributed by atoms with van der Waals surface area (Å²) in [5.41, 5.74) is 1.97. The lowest BCUT2D eigenvalue weighted by Gasteiger charge is -2.36. The van der Waals surface area contributed by atoms with E-state index >= 15 is 0 Å². The van der Waals surface area contributed by atoms with E-state index < -0.39 is 6.10 Å². The molecule has 0 spiro atoms. The van der Waals surface area contributed by atoms with Crippen molar-refractivity contribution < 1.29 is 10.2 Å². The van der Waals surface area contributed by atoms with Crippen LogP contribution in [-0.4, -0.2) is 28.6 Å². The van der Waals surface area contributed by atoms with E-state index in [0.717, 1.165) is 18.4 Å². The van der Waals surface area contributed by atoms with Crippen LogP contribution in [0.2, 0.25) is 0 Å². The van der Waals surface area contributed by atoms with Crippen LogP contribution in [0.3, 0.4) is 0 Å². The monoisotopic (exact) mass is 329 g/mol. The van der Waals surface area contributed by atoms with Gasteiger partial charge in [-0.2, -0.15) is 0 Å². The second kappa shape index (κ2) is 5.32. The number of fused-ring (bicyclic) bond motifs is 2. The minimum Gasteiger partial charge on any atom is -0.507 e. The third-order valence-corrected chi connectivity index (χ3v) is 7.04. The normalized spacial score (nSPS) is 35.0. The summed E-state index contributed by atoms with van der Waals surface area (Å²) in [5.74, 6) is 0.650. The van der Waals surface area contributed by atoms with Gasteiger partial charge in [0.1, 0.15) is 5.75 Å². The van der Waals surface area contributed by atoms with Crippen molar-refractivity contribution >= 4 is 6.21 Å². The second-order valence-electron chi connectivity index (χ2n) is 9.52. The van der Waals surface area contributed by atoms with Crippen molar-refractivity contribution in [3.63, 3.8) is 0 Å². The maximum atomic E-state index is 10.8. The van der Waals surface area contributed by atoms with E-state index in [1.807, 2.05) is 12.1 Å². The molecule has 2 N–H and O–H groups in total. The summed E-state index contributed by atoms with van der Waals surface area (Å²) in [4.78, 5) is 4.75. The third-order valence-electron chi connectivity index (χ3n) is 7.04. The summed E-state index contributed by atoms with van der Waals surface area (Å²) in [6.45, 7) is 13.2. The quantitative estimate of drug-likeness (QED) is 0.795. The van der Waals surface area contributed by atoms with E-state index in [2.05, 4.69) is 41.5 Å². The Morgan fingerprint density at radius 2 is 1.88 bits per heavy atom. The Labute approximate surface area is 145 Å². The molecule has 4 atom stereocenters. The summed E-state index contributed by atoms with van der Waals surface area (Å²) in [7, 11) is 0. The number of aliphatic imine (C=N–C) groups is 1. The number of benzene rings is 1. The Bertz CT molecular complexity index is 671. The lowest BCUT2D eigenvalue weighted by atomic mass is 9.70. The van der Waals surface area contributed by atoms with Gasteiger partial charge in [-0.15, -0.1) is 0 Å². The first kappa shape index (κ1) is 17.5. The summed E-state index contributed by atoms with van der Waals surface area (Å²) >= 11 is 0. The molecular weight excluding hydrogens is 298 g/mol. The number of phenolic OH excluding ortho intramolecular Hbond substituents is 1. The summed E-state index contributed by atoms with van der Waals surface area (Å²) in [5, 5.41) is 21.0.